The van der Waals surface area contributed by atoms with Gasteiger partial charge < -0.3 is 10.6 Å². The predicted octanol–water partition coefficient (Wildman–Crippen LogP) is 2.99. The van der Waals surface area contributed by atoms with Crippen molar-refractivity contribution in [2.24, 2.45) is 5.92 Å². The Morgan fingerprint density at radius 1 is 1.11 bits per heavy atom. The van der Waals surface area contributed by atoms with E-state index in [1.54, 1.807) is 0 Å². The lowest BCUT2D eigenvalue weighted by Gasteiger charge is -2.33. The molecule has 3 atom stereocenters. The van der Waals surface area contributed by atoms with Gasteiger partial charge in [0, 0.05) is 12.1 Å². The Kier molecular flexibility index (Phi) is 5.68. The molecule has 2 N–H and O–H groups in total. The van der Waals surface area contributed by atoms with Crippen molar-refractivity contribution in [1.29, 1.82) is 0 Å². The molecule has 1 amide bonds. The van der Waals surface area contributed by atoms with Gasteiger partial charge in [0.1, 0.15) is 0 Å². The summed E-state index contributed by atoms with van der Waals surface area (Å²) in [7, 11) is 0. The molecule has 2 fully saturated rings. The SMILES string of the molecule is CCC1CCCCC1NC(C)C(=O)NC1CCCC1. The van der Waals surface area contributed by atoms with Crippen molar-refractivity contribution < 1.29 is 4.79 Å². The molecule has 0 aromatic carbocycles. The Morgan fingerprint density at radius 2 is 1.74 bits per heavy atom. The van der Waals surface area contributed by atoms with E-state index in [-0.39, 0.29) is 11.9 Å². The van der Waals surface area contributed by atoms with Crippen molar-refractivity contribution in [3.63, 3.8) is 0 Å². The maximum Gasteiger partial charge on any atom is 0.237 e. The molecule has 3 heteroatoms. The second kappa shape index (κ2) is 7.28. The van der Waals surface area contributed by atoms with E-state index < -0.39 is 0 Å². The van der Waals surface area contributed by atoms with Gasteiger partial charge in [0.15, 0.2) is 0 Å². The molecule has 2 rings (SSSR count). The lowest BCUT2D eigenvalue weighted by Crippen LogP contribution is -2.51. The highest BCUT2D eigenvalue weighted by atomic mass is 16.2. The van der Waals surface area contributed by atoms with Crippen LogP contribution >= 0.6 is 0 Å². The highest BCUT2D eigenvalue weighted by Crippen LogP contribution is 2.27. The molecule has 3 unspecified atom stereocenters. The first-order valence-electron chi connectivity index (χ1n) is 8.27. The predicted molar refractivity (Wildman–Crippen MR) is 79.0 cm³/mol. The average molecular weight is 266 g/mol. The van der Waals surface area contributed by atoms with E-state index in [0.717, 1.165) is 5.92 Å². The molecule has 0 aromatic rings. The Hall–Kier alpha value is -0.570. The van der Waals surface area contributed by atoms with Crippen LogP contribution in [-0.2, 0) is 4.79 Å². The van der Waals surface area contributed by atoms with Crippen LogP contribution in [0.4, 0.5) is 0 Å². The van der Waals surface area contributed by atoms with Crippen molar-refractivity contribution in [3.05, 3.63) is 0 Å². The monoisotopic (exact) mass is 266 g/mol. The van der Waals surface area contributed by atoms with E-state index in [4.69, 9.17) is 0 Å². The quantitative estimate of drug-likeness (QED) is 0.803. The molecule has 2 aliphatic rings. The van der Waals surface area contributed by atoms with Crippen LogP contribution in [0, 0.1) is 5.92 Å². The number of hydrogen-bond acceptors (Lipinski definition) is 2. The van der Waals surface area contributed by atoms with E-state index in [0.29, 0.717) is 12.1 Å². The van der Waals surface area contributed by atoms with E-state index in [1.807, 2.05) is 6.92 Å². The first-order chi connectivity index (χ1) is 9.20. The van der Waals surface area contributed by atoms with Gasteiger partial charge in [-0.05, 0) is 38.5 Å². The minimum atomic E-state index is -0.0437. The zero-order valence-electron chi connectivity index (χ0n) is 12.6. The van der Waals surface area contributed by atoms with E-state index in [1.165, 1.54) is 57.8 Å². The number of carbonyl (C=O) groups excluding carboxylic acids is 1. The van der Waals surface area contributed by atoms with Gasteiger partial charge in [-0.3, -0.25) is 4.79 Å². The molecule has 0 aliphatic heterocycles. The number of nitrogens with one attached hydrogen (secondary N) is 2. The first-order valence-corrected chi connectivity index (χ1v) is 8.27. The lowest BCUT2D eigenvalue weighted by atomic mass is 9.82. The molecule has 0 saturated heterocycles. The van der Waals surface area contributed by atoms with Crippen LogP contribution in [0.5, 0.6) is 0 Å². The zero-order chi connectivity index (χ0) is 13.7. The van der Waals surface area contributed by atoms with Gasteiger partial charge in [0.05, 0.1) is 6.04 Å². The molecule has 0 aromatic heterocycles. The summed E-state index contributed by atoms with van der Waals surface area (Å²) in [5.74, 6) is 0.961. The van der Waals surface area contributed by atoms with Crippen molar-refractivity contribution in [3.8, 4) is 0 Å². The fraction of sp³-hybridized carbons (Fsp3) is 0.938. The van der Waals surface area contributed by atoms with Crippen LogP contribution in [0.2, 0.25) is 0 Å². The summed E-state index contributed by atoms with van der Waals surface area (Å²) in [6.07, 6.45) is 11.3. The number of rotatable bonds is 5. The highest BCUT2D eigenvalue weighted by molar-refractivity contribution is 5.81. The van der Waals surface area contributed by atoms with Gasteiger partial charge >= 0.3 is 0 Å². The van der Waals surface area contributed by atoms with Gasteiger partial charge in [0.25, 0.3) is 0 Å². The van der Waals surface area contributed by atoms with E-state index >= 15 is 0 Å². The van der Waals surface area contributed by atoms with Gasteiger partial charge in [0.2, 0.25) is 5.91 Å². The zero-order valence-corrected chi connectivity index (χ0v) is 12.6. The van der Waals surface area contributed by atoms with Gasteiger partial charge in [-0.1, -0.05) is 39.0 Å². The third-order valence-electron chi connectivity index (χ3n) is 4.99. The fourth-order valence-electron chi connectivity index (χ4n) is 3.71. The third kappa shape index (κ3) is 4.20. The second-order valence-electron chi connectivity index (χ2n) is 6.44. The van der Waals surface area contributed by atoms with Crippen LogP contribution in [-0.4, -0.2) is 24.0 Å². The topological polar surface area (TPSA) is 41.1 Å². The number of carbonyl (C=O) groups is 1. The minimum Gasteiger partial charge on any atom is -0.352 e. The highest BCUT2D eigenvalue weighted by Gasteiger charge is 2.27. The van der Waals surface area contributed by atoms with Gasteiger partial charge in [-0.15, -0.1) is 0 Å². The van der Waals surface area contributed by atoms with Crippen molar-refractivity contribution in [1.82, 2.24) is 10.6 Å². The molecule has 2 saturated carbocycles. The van der Waals surface area contributed by atoms with Crippen molar-refractivity contribution in [2.45, 2.75) is 89.8 Å². The minimum absolute atomic E-state index is 0.0437. The smallest absolute Gasteiger partial charge is 0.237 e. The van der Waals surface area contributed by atoms with Gasteiger partial charge in [-0.25, -0.2) is 0 Å². The second-order valence-corrected chi connectivity index (χ2v) is 6.44. The molecule has 0 radical (unpaired) electrons. The molecule has 0 spiro atoms. The normalized spacial score (nSPS) is 30.2. The van der Waals surface area contributed by atoms with Crippen LogP contribution in [0.25, 0.3) is 0 Å². The van der Waals surface area contributed by atoms with E-state index in [2.05, 4.69) is 17.6 Å². The molecule has 0 heterocycles. The Morgan fingerprint density at radius 3 is 2.42 bits per heavy atom. The van der Waals surface area contributed by atoms with Crippen LogP contribution in [0.3, 0.4) is 0 Å². The average Bonchev–Trinajstić information content (AvgIpc) is 2.92. The Balaban J connectivity index is 1.78. The molecule has 19 heavy (non-hydrogen) atoms. The summed E-state index contributed by atoms with van der Waals surface area (Å²) in [6, 6.07) is 0.936. The molecule has 0 bridgehead atoms. The van der Waals surface area contributed by atoms with Crippen LogP contribution in [0.1, 0.15) is 71.6 Å². The first kappa shape index (κ1) is 14.8. The summed E-state index contributed by atoms with van der Waals surface area (Å²) >= 11 is 0. The molecular weight excluding hydrogens is 236 g/mol. The van der Waals surface area contributed by atoms with Crippen molar-refractivity contribution in [2.75, 3.05) is 0 Å². The summed E-state index contributed by atoms with van der Waals surface area (Å²) in [4.78, 5) is 12.2. The third-order valence-corrected chi connectivity index (χ3v) is 4.99. The molecule has 110 valence electrons. The number of amides is 1. The fourth-order valence-corrected chi connectivity index (χ4v) is 3.71. The molecule has 3 nitrogen and oxygen atoms in total. The summed E-state index contributed by atoms with van der Waals surface area (Å²) in [5.41, 5.74) is 0. The molecular formula is C16H30N2O. The number of hydrogen-bond donors (Lipinski definition) is 2. The maximum absolute atomic E-state index is 12.2. The Labute approximate surface area is 117 Å². The molecule has 2 aliphatic carbocycles. The largest absolute Gasteiger partial charge is 0.352 e. The standard InChI is InChI=1S/C16H30N2O/c1-3-13-8-4-7-11-15(13)17-12(2)16(19)18-14-9-5-6-10-14/h12-15,17H,3-11H2,1-2H3,(H,18,19). The van der Waals surface area contributed by atoms with Crippen molar-refractivity contribution >= 4 is 5.91 Å². The van der Waals surface area contributed by atoms with E-state index in [9.17, 15) is 4.79 Å². The summed E-state index contributed by atoms with van der Waals surface area (Å²) in [5, 5.41) is 6.78. The maximum atomic E-state index is 12.2. The van der Waals surface area contributed by atoms with Crippen LogP contribution < -0.4 is 10.6 Å². The lowest BCUT2D eigenvalue weighted by molar-refractivity contribution is -0.123. The summed E-state index contributed by atoms with van der Waals surface area (Å²) < 4.78 is 0. The van der Waals surface area contributed by atoms with Crippen LogP contribution in [0.15, 0.2) is 0 Å². The van der Waals surface area contributed by atoms with Gasteiger partial charge in [-0.2, -0.15) is 0 Å². The summed E-state index contributed by atoms with van der Waals surface area (Å²) in [6.45, 7) is 4.29. The Bertz CT molecular complexity index is 286.